The predicted molar refractivity (Wildman–Crippen MR) is 27.6 cm³/mol. The largest absolute Gasteiger partial charge is 0.360 e. The van der Waals surface area contributed by atoms with E-state index in [-0.39, 0.29) is 0 Å². The second-order valence-electron chi connectivity index (χ2n) is 1.71. The molecule has 0 aromatic heterocycles. The van der Waals surface area contributed by atoms with Gasteiger partial charge in [-0.2, -0.15) is 4.58 Å². The summed E-state index contributed by atoms with van der Waals surface area (Å²) < 4.78 is 3.62. The highest BCUT2D eigenvalue weighted by Crippen LogP contribution is 1.69. The van der Waals surface area contributed by atoms with Crippen LogP contribution in [-0.2, 0) is 0 Å². The first kappa shape index (κ1) is 4.30. The average molecular weight is 99.1 g/mol. The van der Waals surface area contributed by atoms with Gasteiger partial charge >= 0.3 is 6.67 Å². The van der Waals surface area contributed by atoms with Crippen LogP contribution in [0, 0.1) is 0 Å². The van der Waals surface area contributed by atoms with Gasteiger partial charge in [0, 0.05) is 0 Å². The highest BCUT2D eigenvalue weighted by atomic mass is 15.4. The lowest BCUT2D eigenvalue weighted by molar-refractivity contribution is -0.706. The first-order valence-corrected chi connectivity index (χ1v) is 2.19. The SMILES string of the molecule is C[N+]1=CC=[N+](N)C1. The third-order valence-corrected chi connectivity index (χ3v) is 0.899. The predicted octanol–water partition coefficient (Wildman–Crippen LogP) is -1.37. The lowest BCUT2D eigenvalue weighted by Gasteiger charge is -1.79. The molecule has 1 aliphatic rings. The van der Waals surface area contributed by atoms with Gasteiger partial charge in [-0.05, 0) is 0 Å². The highest BCUT2D eigenvalue weighted by molar-refractivity contribution is 6.11. The molecule has 0 aromatic carbocycles. The molecule has 1 aliphatic heterocycles. The van der Waals surface area contributed by atoms with Crippen molar-refractivity contribution in [1.29, 1.82) is 0 Å². The summed E-state index contributed by atoms with van der Waals surface area (Å²) in [5, 5.41) is 0. The molecule has 1 rings (SSSR count). The molecule has 0 bridgehead atoms. The maximum absolute atomic E-state index is 5.33. The fourth-order valence-electron chi connectivity index (χ4n) is 0.551. The molecule has 0 unspecified atom stereocenters. The van der Waals surface area contributed by atoms with Crippen LogP contribution in [0.4, 0.5) is 0 Å². The number of hydrogen-bond donors (Lipinski definition) is 1. The molecular formula is C4H9N3+2. The zero-order chi connectivity index (χ0) is 5.28. The van der Waals surface area contributed by atoms with Gasteiger partial charge in [0.15, 0.2) is 0 Å². The van der Waals surface area contributed by atoms with E-state index in [1.807, 2.05) is 24.1 Å². The van der Waals surface area contributed by atoms with E-state index < -0.39 is 0 Å². The van der Waals surface area contributed by atoms with Crippen molar-refractivity contribution in [1.82, 2.24) is 0 Å². The van der Waals surface area contributed by atoms with E-state index in [1.54, 1.807) is 4.68 Å². The lowest BCUT2D eigenvalue weighted by Crippen LogP contribution is -2.21. The van der Waals surface area contributed by atoms with E-state index in [1.165, 1.54) is 0 Å². The van der Waals surface area contributed by atoms with Crippen molar-refractivity contribution < 1.29 is 9.26 Å². The quantitative estimate of drug-likeness (QED) is 0.295. The summed E-state index contributed by atoms with van der Waals surface area (Å²) in [6.45, 7) is 0.806. The van der Waals surface area contributed by atoms with Gasteiger partial charge in [-0.1, -0.05) is 4.68 Å². The van der Waals surface area contributed by atoms with E-state index in [9.17, 15) is 0 Å². The minimum Gasteiger partial charge on any atom is -0.205 e. The molecule has 0 aromatic rings. The molecule has 1 heterocycles. The van der Waals surface area contributed by atoms with E-state index in [2.05, 4.69) is 0 Å². The Hall–Kier alpha value is -0.860. The zero-order valence-electron chi connectivity index (χ0n) is 4.33. The van der Waals surface area contributed by atoms with Gasteiger partial charge in [-0.3, -0.25) is 0 Å². The number of hydrazone groups is 1. The molecule has 0 saturated carbocycles. The third-order valence-electron chi connectivity index (χ3n) is 0.899. The Morgan fingerprint density at radius 3 is 2.43 bits per heavy atom. The molecule has 2 N–H and O–H groups in total. The summed E-state index contributed by atoms with van der Waals surface area (Å²) in [5.41, 5.74) is 0. The molecule has 0 aliphatic carbocycles. The summed E-state index contributed by atoms with van der Waals surface area (Å²) in [4.78, 5) is 0. The summed E-state index contributed by atoms with van der Waals surface area (Å²) in [5.74, 6) is 5.33. The van der Waals surface area contributed by atoms with Crippen LogP contribution in [0.1, 0.15) is 0 Å². The number of hydrazine groups is 1. The van der Waals surface area contributed by atoms with Gasteiger partial charge in [-0.15, -0.1) is 0 Å². The molecule has 0 spiro atoms. The lowest BCUT2D eigenvalue weighted by atomic mass is 10.8. The van der Waals surface area contributed by atoms with Crippen molar-refractivity contribution in [3.63, 3.8) is 0 Å². The first-order chi connectivity index (χ1) is 3.29. The van der Waals surface area contributed by atoms with Gasteiger partial charge in [0.1, 0.15) is 7.05 Å². The molecule has 0 amide bonds. The van der Waals surface area contributed by atoms with Crippen LogP contribution < -0.4 is 5.84 Å². The Balaban J connectivity index is 2.61. The van der Waals surface area contributed by atoms with Crippen LogP contribution in [0.3, 0.4) is 0 Å². The third kappa shape index (κ3) is 0.765. The minimum absolute atomic E-state index is 0.806. The van der Waals surface area contributed by atoms with Crippen LogP contribution in [0.2, 0.25) is 0 Å². The highest BCUT2D eigenvalue weighted by Gasteiger charge is 2.10. The Kier molecular flexibility index (Phi) is 0.817. The summed E-state index contributed by atoms with van der Waals surface area (Å²) in [6.07, 6.45) is 3.76. The maximum Gasteiger partial charge on any atom is 0.360 e. The molecule has 3 heteroatoms. The molecule has 7 heavy (non-hydrogen) atoms. The van der Waals surface area contributed by atoms with Crippen LogP contribution in [-0.4, -0.2) is 35.4 Å². The second-order valence-corrected chi connectivity index (χ2v) is 1.71. The van der Waals surface area contributed by atoms with Gasteiger partial charge in [0.25, 0.3) is 6.21 Å². The van der Waals surface area contributed by atoms with Crippen LogP contribution in [0.5, 0.6) is 0 Å². The summed E-state index contributed by atoms with van der Waals surface area (Å²) in [7, 11) is 1.98. The number of rotatable bonds is 0. The first-order valence-electron chi connectivity index (χ1n) is 2.19. The van der Waals surface area contributed by atoms with Crippen molar-refractivity contribution >= 4 is 12.4 Å². The van der Waals surface area contributed by atoms with Crippen LogP contribution in [0.25, 0.3) is 0 Å². The standard InChI is InChI=1S/C4H8N3/c1-6-2-3-7(5)4-6/h2-3,5H,4H2,1H3/q+1/p+1. The second kappa shape index (κ2) is 1.33. The topological polar surface area (TPSA) is 32.0 Å². The van der Waals surface area contributed by atoms with E-state index in [4.69, 9.17) is 5.84 Å². The maximum atomic E-state index is 5.33. The van der Waals surface area contributed by atoms with Crippen LogP contribution in [0.15, 0.2) is 0 Å². The van der Waals surface area contributed by atoms with Gasteiger partial charge in [0.2, 0.25) is 6.21 Å². The molecule has 38 valence electrons. The van der Waals surface area contributed by atoms with Gasteiger partial charge < -0.3 is 0 Å². The molecular weight excluding hydrogens is 90.1 g/mol. The Morgan fingerprint density at radius 1 is 1.57 bits per heavy atom. The Morgan fingerprint density at radius 2 is 2.29 bits per heavy atom. The van der Waals surface area contributed by atoms with Crippen LogP contribution >= 0.6 is 0 Å². The summed E-state index contributed by atoms with van der Waals surface area (Å²) in [6, 6.07) is 0. The van der Waals surface area contributed by atoms with E-state index >= 15 is 0 Å². The Bertz CT molecular complexity index is 118. The fourth-order valence-corrected chi connectivity index (χ4v) is 0.551. The average Bonchev–Trinajstić information content (AvgIpc) is 1.87. The normalized spacial score (nSPS) is 19.0. The van der Waals surface area contributed by atoms with Crippen molar-refractivity contribution in [2.45, 2.75) is 0 Å². The molecule has 0 saturated heterocycles. The smallest absolute Gasteiger partial charge is 0.205 e. The molecule has 0 radical (unpaired) electrons. The number of nitrogens with two attached hydrogens (primary N) is 1. The summed E-state index contributed by atoms with van der Waals surface area (Å²) >= 11 is 0. The van der Waals surface area contributed by atoms with Crippen molar-refractivity contribution in [3.05, 3.63) is 0 Å². The zero-order valence-corrected chi connectivity index (χ0v) is 4.33. The number of hydrogen-bond acceptors (Lipinski definition) is 1. The number of nitrogens with zero attached hydrogens (tertiary/aromatic N) is 2. The van der Waals surface area contributed by atoms with E-state index in [0.717, 1.165) is 6.67 Å². The fraction of sp³-hybridized carbons (Fsp3) is 0.500. The van der Waals surface area contributed by atoms with Crippen molar-refractivity contribution in [2.24, 2.45) is 5.84 Å². The minimum atomic E-state index is 0.806. The Labute approximate surface area is 42.3 Å². The molecule has 3 nitrogen and oxygen atoms in total. The van der Waals surface area contributed by atoms with Crippen molar-refractivity contribution in [3.8, 4) is 0 Å². The molecule has 0 fully saturated rings. The molecule has 0 atom stereocenters. The van der Waals surface area contributed by atoms with Gasteiger partial charge in [0.05, 0.1) is 0 Å². The monoisotopic (exact) mass is 99.1 g/mol. The van der Waals surface area contributed by atoms with Gasteiger partial charge in [-0.25, -0.2) is 5.84 Å². The van der Waals surface area contributed by atoms with Crippen molar-refractivity contribution in [2.75, 3.05) is 13.7 Å². The van der Waals surface area contributed by atoms with E-state index in [0.29, 0.717) is 0 Å².